The van der Waals surface area contributed by atoms with E-state index >= 15 is 0 Å². The van der Waals surface area contributed by atoms with Crippen molar-refractivity contribution in [3.8, 4) is 5.69 Å². The summed E-state index contributed by atoms with van der Waals surface area (Å²) < 4.78 is 1.63. The Morgan fingerprint density at radius 3 is 2.62 bits per heavy atom. The molecule has 1 aromatic heterocycles. The summed E-state index contributed by atoms with van der Waals surface area (Å²) in [6.45, 7) is 6.94. The van der Waals surface area contributed by atoms with Crippen LogP contribution in [0.25, 0.3) is 5.69 Å². The quantitative estimate of drug-likeness (QED) is 0.886. The molecule has 3 rings (SSSR count). The number of aryl methyl sites for hydroxylation is 1. The number of nitrogens with zero attached hydrogens (tertiary/aromatic N) is 3. The molecule has 0 spiro atoms. The number of aromatic nitrogens is 3. The van der Waals surface area contributed by atoms with E-state index in [1.54, 1.807) is 10.9 Å². The van der Waals surface area contributed by atoms with Crippen LogP contribution in [0.15, 0.2) is 30.5 Å². The molecular formula is C17H24ClN5O. The number of carbonyl (C=O) groups is 1. The normalized spacial score (nSPS) is 16.2. The Labute approximate surface area is 148 Å². The van der Waals surface area contributed by atoms with E-state index in [0.29, 0.717) is 12.2 Å². The van der Waals surface area contributed by atoms with Gasteiger partial charge in [0, 0.05) is 6.54 Å². The van der Waals surface area contributed by atoms with Crippen molar-refractivity contribution < 1.29 is 4.79 Å². The molecule has 24 heavy (non-hydrogen) atoms. The van der Waals surface area contributed by atoms with Crippen LogP contribution in [0.3, 0.4) is 0 Å². The Hall–Kier alpha value is -1.92. The lowest BCUT2D eigenvalue weighted by molar-refractivity contribution is 0.0917. The molecule has 1 aliphatic heterocycles. The van der Waals surface area contributed by atoms with Gasteiger partial charge in [-0.2, -0.15) is 0 Å². The molecule has 0 aliphatic carbocycles. The number of benzene rings is 1. The van der Waals surface area contributed by atoms with E-state index in [1.807, 2.05) is 31.2 Å². The Kier molecular flexibility index (Phi) is 5.96. The summed E-state index contributed by atoms with van der Waals surface area (Å²) in [5.41, 5.74) is 2.59. The Morgan fingerprint density at radius 1 is 1.29 bits per heavy atom. The molecule has 0 saturated carbocycles. The number of hydrogen-bond acceptors (Lipinski definition) is 4. The fourth-order valence-corrected chi connectivity index (χ4v) is 2.78. The van der Waals surface area contributed by atoms with Gasteiger partial charge in [0.05, 0.1) is 11.9 Å². The summed E-state index contributed by atoms with van der Waals surface area (Å²) in [5, 5.41) is 14.4. The summed E-state index contributed by atoms with van der Waals surface area (Å²) in [7, 11) is 0. The van der Waals surface area contributed by atoms with Crippen LogP contribution < -0.4 is 10.6 Å². The first kappa shape index (κ1) is 18.4. The third-order valence-corrected chi connectivity index (χ3v) is 4.51. The highest BCUT2D eigenvalue weighted by Crippen LogP contribution is 2.26. The van der Waals surface area contributed by atoms with Gasteiger partial charge < -0.3 is 10.6 Å². The maximum absolute atomic E-state index is 12.3. The van der Waals surface area contributed by atoms with E-state index in [2.05, 4.69) is 27.9 Å². The van der Waals surface area contributed by atoms with E-state index in [1.165, 1.54) is 5.56 Å². The third-order valence-electron chi connectivity index (χ3n) is 4.51. The first-order chi connectivity index (χ1) is 11.1. The number of rotatable bonds is 4. The number of hydrogen-bond donors (Lipinski definition) is 2. The second-order valence-electron chi connectivity index (χ2n) is 6.63. The van der Waals surface area contributed by atoms with Gasteiger partial charge in [-0.1, -0.05) is 29.8 Å². The maximum Gasteiger partial charge on any atom is 0.273 e. The van der Waals surface area contributed by atoms with Gasteiger partial charge in [0.1, 0.15) is 0 Å². The molecule has 0 atom stereocenters. The highest BCUT2D eigenvalue weighted by atomic mass is 35.5. The third kappa shape index (κ3) is 4.33. The summed E-state index contributed by atoms with van der Waals surface area (Å²) in [4.78, 5) is 12.3. The van der Waals surface area contributed by atoms with Gasteiger partial charge >= 0.3 is 0 Å². The standard InChI is InChI=1S/C17H23N5O.ClH/c1-13-3-5-14(6-4-13)22-11-15(20-21-22)16(23)19-12-17(2)7-9-18-10-8-17;/h3-6,11,18H,7-10,12H2,1-2H3,(H,19,23);1H. The van der Waals surface area contributed by atoms with Crippen LogP contribution in [-0.4, -0.2) is 40.5 Å². The number of nitrogens with one attached hydrogen (secondary N) is 2. The molecular weight excluding hydrogens is 326 g/mol. The topological polar surface area (TPSA) is 71.8 Å². The second-order valence-corrected chi connectivity index (χ2v) is 6.63. The van der Waals surface area contributed by atoms with Crippen molar-refractivity contribution in [1.82, 2.24) is 25.6 Å². The van der Waals surface area contributed by atoms with Gasteiger partial charge in [-0.25, -0.2) is 4.68 Å². The SMILES string of the molecule is Cc1ccc(-n2cc(C(=O)NCC3(C)CCNCC3)nn2)cc1.Cl. The zero-order valence-corrected chi connectivity index (χ0v) is 14.9. The molecule has 1 aromatic carbocycles. The van der Waals surface area contributed by atoms with Gasteiger partial charge in [-0.3, -0.25) is 4.79 Å². The lowest BCUT2D eigenvalue weighted by Crippen LogP contribution is -2.43. The van der Waals surface area contributed by atoms with E-state index in [0.717, 1.165) is 31.6 Å². The first-order valence-corrected chi connectivity index (χ1v) is 8.04. The van der Waals surface area contributed by atoms with Crippen molar-refractivity contribution in [2.24, 2.45) is 5.41 Å². The first-order valence-electron chi connectivity index (χ1n) is 8.04. The van der Waals surface area contributed by atoms with Gasteiger partial charge in [-0.15, -0.1) is 17.5 Å². The van der Waals surface area contributed by atoms with Crippen molar-refractivity contribution in [3.05, 3.63) is 41.7 Å². The van der Waals surface area contributed by atoms with Gasteiger partial charge in [-0.05, 0) is 50.4 Å². The minimum absolute atomic E-state index is 0. The molecule has 130 valence electrons. The van der Waals surface area contributed by atoms with E-state index in [4.69, 9.17) is 0 Å². The number of amides is 1. The molecule has 7 heteroatoms. The molecule has 0 radical (unpaired) electrons. The van der Waals surface area contributed by atoms with Crippen LogP contribution in [0.1, 0.15) is 35.8 Å². The summed E-state index contributed by atoms with van der Waals surface area (Å²) in [6, 6.07) is 7.94. The molecule has 1 saturated heterocycles. The van der Waals surface area contributed by atoms with Crippen molar-refractivity contribution in [3.63, 3.8) is 0 Å². The maximum atomic E-state index is 12.3. The van der Waals surface area contributed by atoms with Crippen molar-refractivity contribution >= 4 is 18.3 Å². The smallest absolute Gasteiger partial charge is 0.273 e. The second kappa shape index (κ2) is 7.77. The molecule has 2 heterocycles. The summed E-state index contributed by atoms with van der Waals surface area (Å²) in [6.07, 6.45) is 3.82. The van der Waals surface area contributed by atoms with Crippen molar-refractivity contribution in [1.29, 1.82) is 0 Å². The molecule has 6 nitrogen and oxygen atoms in total. The predicted molar refractivity (Wildman–Crippen MR) is 95.9 cm³/mol. The average Bonchev–Trinajstić information content (AvgIpc) is 3.04. The van der Waals surface area contributed by atoms with Crippen molar-refractivity contribution in [2.45, 2.75) is 26.7 Å². The summed E-state index contributed by atoms with van der Waals surface area (Å²) in [5.74, 6) is -0.164. The number of carbonyl (C=O) groups excluding carboxylic acids is 1. The summed E-state index contributed by atoms with van der Waals surface area (Å²) >= 11 is 0. The lowest BCUT2D eigenvalue weighted by Gasteiger charge is -2.33. The molecule has 1 amide bonds. The van der Waals surface area contributed by atoms with Crippen LogP contribution in [-0.2, 0) is 0 Å². The van der Waals surface area contributed by atoms with Crippen LogP contribution in [0.4, 0.5) is 0 Å². The van der Waals surface area contributed by atoms with E-state index in [9.17, 15) is 4.79 Å². The Bertz CT molecular complexity index is 677. The largest absolute Gasteiger partial charge is 0.350 e. The molecule has 0 unspecified atom stereocenters. The molecule has 1 fully saturated rings. The average molecular weight is 350 g/mol. The van der Waals surface area contributed by atoms with Crippen molar-refractivity contribution in [2.75, 3.05) is 19.6 Å². The van der Waals surface area contributed by atoms with Crippen LogP contribution in [0.2, 0.25) is 0 Å². The minimum Gasteiger partial charge on any atom is -0.350 e. The molecule has 1 aliphatic rings. The molecule has 2 N–H and O–H groups in total. The fourth-order valence-electron chi connectivity index (χ4n) is 2.78. The van der Waals surface area contributed by atoms with Gasteiger partial charge in [0.2, 0.25) is 0 Å². The lowest BCUT2D eigenvalue weighted by atomic mass is 9.81. The monoisotopic (exact) mass is 349 g/mol. The van der Waals surface area contributed by atoms with Gasteiger partial charge in [0.25, 0.3) is 5.91 Å². The zero-order valence-electron chi connectivity index (χ0n) is 14.1. The number of halogens is 1. The van der Waals surface area contributed by atoms with Crippen LogP contribution in [0, 0.1) is 12.3 Å². The Morgan fingerprint density at radius 2 is 1.96 bits per heavy atom. The predicted octanol–water partition coefficient (Wildman–Crippen LogP) is 2.12. The van der Waals surface area contributed by atoms with Crippen LogP contribution in [0.5, 0.6) is 0 Å². The van der Waals surface area contributed by atoms with Crippen LogP contribution >= 0.6 is 12.4 Å². The highest BCUT2D eigenvalue weighted by molar-refractivity contribution is 5.91. The van der Waals surface area contributed by atoms with E-state index in [-0.39, 0.29) is 23.7 Å². The zero-order chi connectivity index (χ0) is 16.3. The van der Waals surface area contributed by atoms with E-state index < -0.39 is 0 Å². The van der Waals surface area contributed by atoms with Gasteiger partial charge in [0.15, 0.2) is 5.69 Å². The molecule has 0 bridgehead atoms. The minimum atomic E-state index is -0.164. The Balaban J connectivity index is 0.00000208. The fraction of sp³-hybridized carbons (Fsp3) is 0.471. The highest BCUT2D eigenvalue weighted by Gasteiger charge is 2.27. The number of piperidine rings is 1. The molecule has 2 aromatic rings.